The molecule has 0 radical (unpaired) electrons. The van der Waals surface area contributed by atoms with E-state index in [1.807, 2.05) is 6.92 Å². The maximum atomic E-state index is 3.91. The average molecular weight is 136 g/mol. The molecule has 0 unspecified atom stereocenters. The molecule has 0 saturated heterocycles. The highest BCUT2D eigenvalue weighted by molar-refractivity contribution is 5.42. The Kier molecular flexibility index (Phi) is 1.94. The van der Waals surface area contributed by atoms with E-state index in [0.717, 1.165) is 5.56 Å². The van der Waals surface area contributed by atoms with Gasteiger partial charge in [-0.25, -0.2) is 9.97 Å². The Morgan fingerprint density at radius 1 is 1.70 bits per heavy atom. The summed E-state index contributed by atoms with van der Waals surface area (Å²) in [6.45, 7) is 5.17. The Bertz CT molecular complexity index is 233. The lowest BCUT2D eigenvalue weighted by Gasteiger charge is -1.99. The van der Waals surface area contributed by atoms with Crippen LogP contribution in [-0.2, 0) is 0 Å². The third-order valence-electron chi connectivity index (χ3n) is 1.08. The van der Waals surface area contributed by atoms with Crippen LogP contribution in [0.25, 0.3) is 0 Å². The Balaban J connectivity index is 2.91. The molecule has 1 rings (SSSR count). The molecule has 0 aliphatic rings. The molecule has 1 heterocycles. The Hall–Kier alpha value is -1.45. The molecule has 0 aliphatic carbocycles. The van der Waals surface area contributed by atoms with Crippen molar-refractivity contribution in [3.63, 3.8) is 0 Å². The summed E-state index contributed by atoms with van der Waals surface area (Å²) in [6.07, 6.45) is 3.17. The number of rotatable bonds is 2. The first-order valence-corrected chi connectivity index (χ1v) is 2.83. The standard InChI is InChI=1S/C6H8N4/c1-5-3-8-4-9-6(5)10-7-2/h3-4H,2H2,1H3,(H,8,9,10). The van der Waals surface area contributed by atoms with Gasteiger partial charge < -0.3 is 0 Å². The first-order valence-electron chi connectivity index (χ1n) is 2.83. The van der Waals surface area contributed by atoms with Gasteiger partial charge in [-0.05, 0) is 6.92 Å². The minimum atomic E-state index is 0.699. The summed E-state index contributed by atoms with van der Waals surface area (Å²) >= 11 is 0. The van der Waals surface area contributed by atoms with Gasteiger partial charge >= 0.3 is 0 Å². The van der Waals surface area contributed by atoms with Gasteiger partial charge in [0.2, 0.25) is 0 Å². The molecule has 4 heteroatoms. The minimum absolute atomic E-state index is 0.699. The van der Waals surface area contributed by atoms with Crippen molar-refractivity contribution in [3.05, 3.63) is 18.1 Å². The predicted molar refractivity (Wildman–Crippen MR) is 39.9 cm³/mol. The third kappa shape index (κ3) is 1.28. The van der Waals surface area contributed by atoms with Crippen LogP contribution in [-0.4, -0.2) is 16.7 Å². The lowest BCUT2D eigenvalue weighted by Crippen LogP contribution is -1.94. The SMILES string of the molecule is C=NNc1ncncc1C. The van der Waals surface area contributed by atoms with Crippen molar-refractivity contribution in [1.29, 1.82) is 0 Å². The van der Waals surface area contributed by atoms with Crippen molar-refractivity contribution < 1.29 is 0 Å². The highest BCUT2D eigenvalue weighted by Crippen LogP contribution is 2.05. The van der Waals surface area contributed by atoms with E-state index in [4.69, 9.17) is 0 Å². The molecule has 0 amide bonds. The van der Waals surface area contributed by atoms with Crippen LogP contribution in [0.5, 0.6) is 0 Å². The number of aromatic nitrogens is 2. The van der Waals surface area contributed by atoms with Crippen molar-refractivity contribution >= 4 is 12.5 Å². The quantitative estimate of drug-likeness (QED) is 0.483. The van der Waals surface area contributed by atoms with Crippen molar-refractivity contribution in [1.82, 2.24) is 9.97 Å². The van der Waals surface area contributed by atoms with Crippen LogP contribution < -0.4 is 5.43 Å². The largest absolute Gasteiger partial charge is 0.262 e. The number of aryl methyl sites for hydroxylation is 1. The van der Waals surface area contributed by atoms with Gasteiger partial charge in [-0.2, -0.15) is 5.10 Å². The van der Waals surface area contributed by atoms with E-state index in [0.29, 0.717) is 5.82 Å². The first-order chi connectivity index (χ1) is 4.84. The smallest absolute Gasteiger partial charge is 0.152 e. The Morgan fingerprint density at radius 3 is 3.10 bits per heavy atom. The van der Waals surface area contributed by atoms with E-state index < -0.39 is 0 Å². The zero-order chi connectivity index (χ0) is 7.40. The maximum absolute atomic E-state index is 3.91. The van der Waals surface area contributed by atoms with Crippen molar-refractivity contribution in [3.8, 4) is 0 Å². The van der Waals surface area contributed by atoms with Gasteiger partial charge in [-0.3, -0.25) is 5.43 Å². The molecule has 4 nitrogen and oxygen atoms in total. The van der Waals surface area contributed by atoms with Gasteiger partial charge in [0.15, 0.2) is 5.82 Å². The second-order valence-corrected chi connectivity index (χ2v) is 1.82. The zero-order valence-corrected chi connectivity index (χ0v) is 5.70. The van der Waals surface area contributed by atoms with E-state index in [1.165, 1.54) is 6.33 Å². The molecule has 1 N–H and O–H groups in total. The first kappa shape index (κ1) is 6.67. The molecule has 0 atom stereocenters. The van der Waals surface area contributed by atoms with Gasteiger partial charge in [0.1, 0.15) is 6.33 Å². The van der Waals surface area contributed by atoms with Gasteiger partial charge in [0.05, 0.1) is 0 Å². The van der Waals surface area contributed by atoms with Crippen LogP contribution in [0.2, 0.25) is 0 Å². The van der Waals surface area contributed by atoms with E-state index >= 15 is 0 Å². The zero-order valence-electron chi connectivity index (χ0n) is 5.70. The molecule has 0 spiro atoms. The molecular formula is C6H8N4. The van der Waals surface area contributed by atoms with Gasteiger partial charge in [0.25, 0.3) is 0 Å². The van der Waals surface area contributed by atoms with Crippen LogP contribution in [0.1, 0.15) is 5.56 Å². The van der Waals surface area contributed by atoms with E-state index in [1.54, 1.807) is 6.20 Å². The van der Waals surface area contributed by atoms with Gasteiger partial charge in [0, 0.05) is 18.5 Å². The van der Waals surface area contributed by atoms with Crippen LogP contribution in [0, 0.1) is 6.92 Å². The molecule has 0 aromatic carbocycles. The molecular weight excluding hydrogens is 128 g/mol. The summed E-state index contributed by atoms with van der Waals surface area (Å²) in [5.41, 5.74) is 3.59. The van der Waals surface area contributed by atoms with Crippen molar-refractivity contribution in [2.24, 2.45) is 5.10 Å². The van der Waals surface area contributed by atoms with E-state index in [2.05, 4.69) is 27.2 Å². The van der Waals surface area contributed by atoms with E-state index in [9.17, 15) is 0 Å². The molecule has 1 aromatic heterocycles. The normalized spacial score (nSPS) is 8.90. The van der Waals surface area contributed by atoms with Gasteiger partial charge in [-0.1, -0.05) is 0 Å². The molecule has 0 fully saturated rings. The molecule has 1 aromatic rings. The number of hydrazone groups is 1. The third-order valence-corrected chi connectivity index (χ3v) is 1.08. The number of nitrogens with one attached hydrogen (secondary N) is 1. The van der Waals surface area contributed by atoms with Crippen molar-refractivity contribution in [2.45, 2.75) is 6.92 Å². The number of anilines is 1. The fraction of sp³-hybridized carbons (Fsp3) is 0.167. The minimum Gasteiger partial charge on any atom is -0.262 e. The molecule has 0 saturated carbocycles. The molecule has 52 valence electrons. The van der Waals surface area contributed by atoms with Crippen LogP contribution in [0.4, 0.5) is 5.82 Å². The predicted octanol–water partition coefficient (Wildman–Crippen LogP) is 0.813. The fourth-order valence-corrected chi connectivity index (χ4v) is 0.591. The topological polar surface area (TPSA) is 50.2 Å². The fourth-order valence-electron chi connectivity index (χ4n) is 0.591. The summed E-state index contributed by atoms with van der Waals surface area (Å²) in [6, 6.07) is 0. The number of hydrogen-bond acceptors (Lipinski definition) is 4. The van der Waals surface area contributed by atoms with Crippen LogP contribution in [0.3, 0.4) is 0 Å². The Morgan fingerprint density at radius 2 is 2.50 bits per heavy atom. The highest BCUT2D eigenvalue weighted by Gasteiger charge is 1.93. The summed E-state index contributed by atoms with van der Waals surface area (Å²) in [5.74, 6) is 0.699. The van der Waals surface area contributed by atoms with E-state index in [-0.39, 0.29) is 0 Å². The maximum Gasteiger partial charge on any atom is 0.152 e. The number of nitrogens with zero attached hydrogens (tertiary/aromatic N) is 3. The summed E-state index contributed by atoms with van der Waals surface area (Å²) in [5, 5.41) is 3.48. The van der Waals surface area contributed by atoms with Crippen molar-refractivity contribution in [2.75, 3.05) is 5.43 Å². The molecule has 10 heavy (non-hydrogen) atoms. The monoisotopic (exact) mass is 136 g/mol. The average Bonchev–Trinajstić information content (AvgIpc) is 1.94. The van der Waals surface area contributed by atoms with Crippen LogP contribution >= 0.6 is 0 Å². The lowest BCUT2D eigenvalue weighted by molar-refractivity contribution is 1.11. The highest BCUT2D eigenvalue weighted by atomic mass is 15.3. The lowest BCUT2D eigenvalue weighted by atomic mass is 10.4. The Labute approximate surface area is 59.0 Å². The molecule has 0 bridgehead atoms. The second kappa shape index (κ2) is 2.91. The van der Waals surface area contributed by atoms with Gasteiger partial charge in [-0.15, -0.1) is 0 Å². The number of hydrogen-bond donors (Lipinski definition) is 1. The second-order valence-electron chi connectivity index (χ2n) is 1.82. The van der Waals surface area contributed by atoms with Crippen LogP contribution in [0.15, 0.2) is 17.6 Å². The summed E-state index contributed by atoms with van der Waals surface area (Å²) < 4.78 is 0. The molecule has 0 aliphatic heterocycles. The summed E-state index contributed by atoms with van der Waals surface area (Å²) in [7, 11) is 0. The summed E-state index contributed by atoms with van der Waals surface area (Å²) in [4.78, 5) is 7.73.